The number of sulfonamides is 1. The molecule has 2 N–H and O–H groups in total. The molecule has 30 heavy (non-hydrogen) atoms. The molecular formula is C20H20ClN3O5S. The number of nitrogens with one attached hydrogen (secondary N) is 1. The number of halogens is 1. The van der Waals surface area contributed by atoms with Gasteiger partial charge in [-0.1, -0.05) is 11.6 Å². The molecular weight excluding hydrogens is 430 g/mol. The lowest BCUT2D eigenvalue weighted by Gasteiger charge is -2.26. The summed E-state index contributed by atoms with van der Waals surface area (Å²) in [7, 11) is -3.62. The van der Waals surface area contributed by atoms with Crippen LogP contribution >= 0.6 is 11.6 Å². The molecule has 10 heteroatoms. The lowest BCUT2D eigenvalue weighted by molar-refractivity contribution is 0.0730. The first kappa shape index (κ1) is 20.8. The fourth-order valence-corrected chi connectivity index (χ4v) is 5.21. The maximum atomic E-state index is 12.7. The fourth-order valence-electron chi connectivity index (χ4n) is 3.55. The Morgan fingerprint density at radius 2 is 1.80 bits per heavy atom. The highest BCUT2D eigenvalue weighted by molar-refractivity contribution is 7.89. The molecule has 2 aromatic rings. The van der Waals surface area contributed by atoms with Gasteiger partial charge in [-0.2, -0.15) is 9.41 Å². The minimum atomic E-state index is -3.62. The van der Waals surface area contributed by atoms with Crippen molar-refractivity contribution in [3.05, 3.63) is 58.1 Å². The minimum Gasteiger partial charge on any atom is -0.507 e. The van der Waals surface area contributed by atoms with Crippen LogP contribution in [0.1, 0.15) is 27.9 Å². The number of benzene rings is 2. The number of carbonyl (C=O) groups excluding carboxylic acids is 1. The van der Waals surface area contributed by atoms with E-state index in [1.165, 1.54) is 34.6 Å². The molecule has 1 heterocycles. The summed E-state index contributed by atoms with van der Waals surface area (Å²) in [4.78, 5) is 12.6. The van der Waals surface area contributed by atoms with Gasteiger partial charge >= 0.3 is 0 Å². The molecule has 0 atom stereocenters. The van der Waals surface area contributed by atoms with Crippen molar-refractivity contribution >= 4 is 33.2 Å². The van der Waals surface area contributed by atoms with Crippen molar-refractivity contribution in [3.63, 3.8) is 0 Å². The second-order valence-electron chi connectivity index (χ2n) is 6.96. The van der Waals surface area contributed by atoms with Crippen LogP contribution in [-0.4, -0.2) is 55.8 Å². The summed E-state index contributed by atoms with van der Waals surface area (Å²) in [6.45, 7) is 1.34. The van der Waals surface area contributed by atoms with E-state index in [-0.39, 0.29) is 16.2 Å². The highest BCUT2D eigenvalue weighted by atomic mass is 35.5. The van der Waals surface area contributed by atoms with E-state index in [1.807, 2.05) is 0 Å². The quantitative estimate of drug-likeness (QED) is 0.695. The second-order valence-corrected chi connectivity index (χ2v) is 9.31. The third-order valence-corrected chi connectivity index (χ3v) is 7.42. The van der Waals surface area contributed by atoms with E-state index in [0.29, 0.717) is 55.4 Å². The van der Waals surface area contributed by atoms with E-state index in [0.717, 1.165) is 5.56 Å². The number of phenolic OH excluding ortho intramolecular Hbond substituents is 1. The normalized spacial score (nSPS) is 18.4. The Hall–Kier alpha value is -2.46. The molecule has 2 aromatic carbocycles. The number of hydrogen-bond donors (Lipinski definition) is 2. The molecule has 4 rings (SSSR count). The zero-order valence-corrected chi connectivity index (χ0v) is 17.5. The van der Waals surface area contributed by atoms with Crippen molar-refractivity contribution in [1.82, 2.24) is 9.73 Å². The van der Waals surface area contributed by atoms with E-state index in [4.69, 9.17) is 16.3 Å². The molecule has 1 aliphatic heterocycles. The van der Waals surface area contributed by atoms with Crippen LogP contribution < -0.4 is 5.43 Å². The maximum Gasteiger partial charge on any atom is 0.271 e. The molecule has 8 nitrogen and oxygen atoms in total. The summed E-state index contributed by atoms with van der Waals surface area (Å²) in [5.41, 5.74) is 4.65. The molecule has 1 saturated heterocycles. The Morgan fingerprint density at radius 3 is 2.50 bits per heavy atom. The zero-order chi connectivity index (χ0) is 21.3. The average molecular weight is 450 g/mol. The second kappa shape index (κ2) is 8.35. The number of ether oxygens (including phenoxy) is 1. The number of phenols is 1. The Balaban J connectivity index is 1.48. The van der Waals surface area contributed by atoms with Crippen molar-refractivity contribution < 1.29 is 23.1 Å². The number of hydrazone groups is 1. The van der Waals surface area contributed by atoms with E-state index in [1.54, 1.807) is 6.07 Å². The summed E-state index contributed by atoms with van der Waals surface area (Å²) < 4.78 is 31.9. The van der Waals surface area contributed by atoms with Crippen LogP contribution in [0, 0.1) is 0 Å². The monoisotopic (exact) mass is 449 g/mol. The Morgan fingerprint density at radius 1 is 1.10 bits per heavy atom. The number of rotatable bonds is 4. The van der Waals surface area contributed by atoms with Crippen molar-refractivity contribution in [2.45, 2.75) is 17.7 Å². The van der Waals surface area contributed by atoms with Gasteiger partial charge in [-0.05, 0) is 54.8 Å². The molecule has 0 radical (unpaired) electrons. The number of nitrogens with zero attached hydrogens (tertiary/aromatic N) is 2. The van der Waals surface area contributed by atoms with Gasteiger partial charge in [-0.15, -0.1) is 0 Å². The first-order valence-electron chi connectivity index (χ1n) is 9.43. The summed E-state index contributed by atoms with van der Waals surface area (Å²) in [6.07, 6.45) is 1.18. The molecule has 0 spiro atoms. The molecule has 1 aliphatic carbocycles. The SMILES string of the molecule is O=C(N/N=C1\CCc2c(Cl)ccc(O)c21)c1ccc(S(=O)(=O)N2CCOCC2)cc1. The molecule has 1 amide bonds. The Kier molecular flexibility index (Phi) is 5.79. The summed E-state index contributed by atoms with van der Waals surface area (Å²) in [5.74, 6) is -0.412. The van der Waals surface area contributed by atoms with Crippen molar-refractivity contribution in [1.29, 1.82) is 0 Å². The van der Waals surface area contributed by atoms with Gasteiger partial charge < -0.3 is 9.84 Å². The molecule has 1 fully saturated rings. The lowest BCUT2D eigenvalue weighted by atomic mass is 10.1. The smallest absolute Gasteiger partial charge is 0.271 e. The fraction of sp³-hybridized carbons (Fsp3) is 0.300. The summed E-state index contributed by atoms with van der Waals surface area (Å²) in [6, 6.07) is 8.83. The molecule has 0 unspecified atom stereocenters. The van der Waals surface area contributed by atoms with Crippen LogP contribution in [0.25, 0.3) is 0 Å². The number of fused-ring (bicyclic) bond motifs is 1. The Bertz CT molecular complexity index is 1110. The largest absolute Gasteiger partial charge is 0.507 e. The van der Waals surface area contributed by atoms with Crippen LogP contribution in [0.3, 0.4) is 0 Å². The summed E-state index contributed by atoms with van der Waals surface area (Å²) >= 11 is 6.16. The van der Waals surface area contributed by atoms with E-state index in [9.17, 15) is 18.3 Å². The molecule has 0 saturated carbocycles. The van der Waals surface area contributed by atoms with Gasteiger partial charge in [0.15, 0.2) is 0 Å². The van der Waals surface area contributed by atoms with Crippen LogP contribution in [0.5, 0.6) is 5.75 Å². The lowest BCUT2D eigenvalue weighted by Crippen LogP contribution is -2.40. The highest BCUT2D eigenvalue weighted by Gasteiger charge is 2.27. The van der Waals surface area contributed by atoms with Crippen molar-refractivity contribution in [2.24, 2.45) is 5.10 Å². The first-order valence-corrected chi connectivity index (χ1v) is 11.3. The van der Waals surface area contributed by atoms with Gasteiger partial charge in [0, 0.05) is 29.2 Å². The van der Waals surface area contributed by atoms with Crippen LogP contribution in [0.4, 0.5) is 0 Å². The van der Waals surface area contributed by atoms with Gasteiger partial charge in [0.05, 0.1) is 23.8 Å². The van der Waals surface area contributed by atoms with Crippen LogP contribution in [0.15, 0.2) is 46.4 Å². The topological polar surface area (TPSA) is 108 Å². The molecule has 158 valence electrons. The average Bonchev–Trinajstić information content (AvgIpc) is 3.21. The van der Waals surface area contributed by atoms with Crippen molar-refractivity contribution in [2.75, 3.05) is 26.3 Å². The number of amides is 1. The highest BCUT2D eigenvalue weighted by Crippen LogP contribution is 2.35. The number of aromatic hydroxyl groups is 1. The van der Waals surface area contributed by atoms with E-state index in [2.05, 4.69) is 10.5 Å². The molecule has 2 aliphatic rings. The number of morpholine rings is 1. The van der Waals surface area contributed by atoms with Gasteiger partial charge in [-0.3, -0.25) is 4.79 Å². The first-order chi connectivity index (χ1) is 14.4. The third kappa shape index (κ3) is 3.93. The third-order valence-electron chi connectivity index (χ3n) is 5.15. The van der Waals surface area contributed by atoms with Crippen LogP contribution in [0.2, 0.25) is 5.02 Å². The standard InChI is InChI=1S/C20H20ClN3O5S/c21-16-6-8-18(25)19-15(16)5-7-17(19)22-23-20(26)13-1-3-14(4-2-13)30(27,28)24-9-11-29-12-10-24/h1-4,6,8,25H,5,7,9-12H2,(H,23,26)/b22-17+. The van der Waals surface area contributed by atoms with Crippen LogP contribution in [-0.2, 0) is 21.2 Å². The van der Waals surface area contributed by atoms with Gasteiger partial charge in [0.1, 0.15) is 5.75 Å². The molecule has 0 aromatic heterocycles. The van der Waals surface area contributed by atoms with Gasteiger partial charge in [-0.25, -0.2) is 13.8 Å². The summed E-state index contributed by atoms with van der Waals surface area (Å²) in [5, 5.41) is 14.8. The predicted octanol–water partition coefficient (Wildman–Crippen LogP) is 2.15. The maximum absolute atomic E-state index is 12.7. The predicted molar refractivity (Wildman–Crippen MR) is 111 cm³/mol. The van der Waals surface area contributed by atoms with Gasteiger partial charge in [0.2, 0.25) is 10.0 Å². The molecule has 0 bridgehead atoms. The zero-order valence-electron chi connectivity index (χ0n) is 16.0. The van der Waals surface area contributed by atoms with Gasteiger partial charge in [0.25, 0.3) is 5.91 Å². The Labute approximate surface area is 179 Å². The number of carbonyl (C=O) groups is 1. The van der Waals surface area contributed by atoms with E-state index >= 15 is 0 Å². The van der Waals surface area contributed by atoms with Crippen molar-refractivity contribution in [3.8, 4) is 5.75 Å². The van der Waals surface area contributed by atoms with E-state index < -0.39 is 15.9 Å². The minimum absolute atomic E-state index is 0.0672. The number of hydrogen-bond acceptors (Lipinski definition) is 6.